The Labute approximate surface area is 136 Å². The number of carbonyl (C=O) groups excluding carboxylic acids is 2. The van der Waals surface area contributed by atoms with Crippen LogP contribution in [-0.2, 0) is 11.2 Å². The largest absolute Gasteiger partial charge is 0.419 e. The zero-order valence-electron chi connectivity index (χ0n) is 13.1. The predicted octanol–water partition coefficient (Wildman–Crippen LogP) is 1.73. The van der Waals surface area contributed by atoms with E-state index in [9.17, 15) is 27.9 Å². The van der Waals surface area contributed by atoms with Crippen molar-refractivity contribution < 1.29 is 27.9 Å². The zero-order chi connectivity index (χ0) is 17.7. The summed E-state index contributed by atoms with van der Waals surface area (Å²) < 4.78 is 38.6. The first-order valence-corrected chi connectivity index (χ1v) is 7.62. The third kappa shape index (κ3) is 2.64. The fraction of sp³-hybridized carbons (Fsp3) is 0.500. The van der Waals surface area contributed by atoms with Crippen molar-refractivity contribution in [2.45, 2.75) is 31.5 Å². The fourth-order valence-electron chi connectivity index (χ4n) is 3.24. The molecule has 2 aliphatic heterocycles. The van der Waals surface area contributed by atoms with Crippen molar-refractivity contribution >= 4 is 17.5 Å². The van der Waals surface area contributed by atoms with Gasteiger partial charge in [-0.05, 0) is 30.2 Å². The van der Waals surface area contributed by atoms with E-state index in [-0.39, 0.29) is 18.0 Å². The van der Waals surface area contributed by atoms with Gasteiger partial charge in [-0.25, -0.2) is 0 Å². The molecule has 130 valence electrons. The lowest BCUT2D eigenvalue weighted by Crippen LogP contribution is -2.48. The van der Waals surface area contributed by atoms with Gasteiger partial charge in [0.15, 0.2) is 5.60 Å². The molecule has 2 amide bonds. The SMILES string of the molecule is CC(=O)N1CCc2cc(C(=O)N3CCC(O)(C(F)(F)F)C3)ccc21. The molecule has 0 radical (unpaired) electrons. The molecule has 1 aromatic rings. The van der Waals surface area contributed by atoms with Crippen LogP contribution in [0.1, 0.15) is 29.3 Å². The van der Waals surface area contributed by atoms with E-state index in [4.69, 9.17) is 0 Å². The number of hydrogen-bond donors (Lipinski definition) is 1. The Bertz CT molecular complexity index is 704. The smallest absolute Gasteiger partial charge is 0.379 e. The van der Waals surface area contributed by atoms with Gasteiger partial charge in [0.05, 0.1) is 6.54 Å². The molecule has 1 fully saturated rings. The summed E-state index contributed by atoms with van der Waals surface area (Å²) in [6.07, 6.45) is -4.68. The number of fused-ring (bicyclic) bond motifs is 1. The number of rotatable bonds is 1. The first-order chi connectivity index (χ1) is 11.1. The quantitative estimate of drug-likeness (QED) is 0.846. The number of aliphatic hydroxyl groups is 1. The molecule has 0 aliphatic carbocycles. The van der Waals surface area contributed by atoms with E-state index >= 15 is 0 Å². The van der Waals surface area contributed by atoms with E-state index in [0.29, 0.717) is 13.0 Å². The average molecular weight is 342 g/mol. The van der Waals surface area contributed by atoms with Crippen LogP contribution in [0.25, 0.3) is 0 Å². The fourth-order valence-corrected chi connectivity index (χ4v) is 3.24. The summed E-state index contributed by atoms with van der Waals surface area (Å²) in [7, 11) is 0. The highest BCUT2D eigenvalue weighted by atomic mass is 19.4. The molecular formula is C16H17F3N2O3. The second-order valence-corrected chi connectivity index (χ2v) is 6.27. The van der Waals surface area contributed by atoms with Crippen LogP contribution in [-0.4, -0.2) is 53.2 Å². The van der Waals surface area contributed by atoms with Crippen molar-refractivity contribution in [3.63, 3.8) is 0 Å². The molecule has 8 heteroatoms. The maximum atomic E-state index is 12.9. The Hall–Kier alpha value is -2.09. The summed E-state index contributed by atoms with van der Waals surface area (Å²) >= 11 is 0. The van der Waals surface area contributed by atoms with Gasteiger partial charge in [-0.1, -0.05) is 0 Å². The summed E-state index contributed by atoms with van der Waals surface area (Å²) in [6.45, 7) is 1.08. The molecular weight excluding hydrogens is 325 g/mol. The average Bonchev–Trinajstić information content (AvgIpc) is 3.09. The number of carbonyl (C=O) groups is 2. The number of benzene rings is 1. The molecule has 1 unspecified atom stereocenters. The number of nitrogens with zero attached hydrogens (tertiary/aromatic N) is 2. The van der Waals surface area contributed by atoms with Crippen molar-refractivity contribution in [1.82, 2.24) is 4.90 Å². The Balaban J connectivity index is 1.79. The molecule has 1 saturated heterocycles. The Morgan fingerprint density at radius 3 is 2.54 bits per heavy atom. The maximum Gasteiger partial charge on any atom is 0.419 e. The predicted molar refractivity (Wildman–Crippen MR) is 79.7 cm³/mol. The zero-order valence-corrected chi connectivity index (χ0v) is 13.1. The number of likely N-dealkylation sites (tertiary alicyclic amines) is 1. The van der Waals surface area contributed by atoms with Gasteiger partial charge < -0.3 is 14.9 Å². The van der Waals surface area contributed by atoms with Crippen LogP contribution >= 0.6 is 0 Å². The van der Waals surface area contributed by atoms with Crippen LogP contribution in [0.2, 0.25) is 0 Å². The molecule has 0 bridgehead atoms. The summed E-state index contributed by atoms with van der Waals surface area (Å²) in [5.41, 5.74) is -1.02. The highest BCUT2D eigenvalue weighted by molar-refractivity contribution is 5.98. The summed E-state index contributed by atoms with van der Waals surface area (Å²) in [4.78, 5) is 26.6. The van der Waals surface area contributed by atoms with Crippen LogP contribution in [0.5, 0.6) is 0 Å². The standard InChI is InChI=1S/C16H17F3N2O3/c1-10(22)21-6-4-11-8-12(2-3-13(11)21)14(23)20-7-5-15(24,9-20)16(17,18)19/h2-3,8,24H,4-7,9H2,1H3. The molecule has 1 atom stereocenters. The topological polar surface area (TPSA) is 60.9 Å². The van der Waals surface area contributed by atoms with Crippen LogP contribution in [0.15, 0.2) is 18.2 Å². The number of alkyl halides is 3. The van der Waals surface area contributed by atoms with Crippen molar-refractivity contribution in [2.24, 2.45) is 0 Å². The van der Waals surface area contributed by atoms with E-state index in [1.54, 1.807) is 17.0 Å². The lowest BCUT2D eigenvalue weighted by Gasteiger charge is -2.26. The molecule has 2 heterocycles. The van der Waals surface area contributed by atoms with Gasteiger partial charge in [-0.2, -0.15) is 13.2 Å². The number of amides is 2. The van der Waals surface area contributed by atoms with Gasteiger partial charge in [0.25, 0.3) is 5.91 Å². The van der Waals surface area contributed by atoms with Crippen LogP contribution in [0.4, 0.5) is 18.9 Å². The van der Waals surface area contributed by atoms with Crippen molar-refractivity contribution in [1.29, 1.82) is 0 Å². The van der Waals surface area contributed by atoms with E-state index in [1.165, 1.54) is 13.0 Å². The van der Waals surface area contributed by atoms with E-state index in [0.717, 1.165) is 16.2 Å². The minimum absolute atomic E-state index is 0.0948. The highest BCUT2D eigenvalue weighted by Gasteiger charge is 2.57. The maximum absolute atomic E-state index is 12.9. The van der Waals surface area contributed by atoms with Gasteiger partial charge in [0.1, 0.15) is 0 Å². The summed E-state index contributed by atoms with van der Waals surface area (Å²) in [5.74, 6) is -0.637. The second-order valence-electron chi connectivity index (χ2n) is 6.27. The molecule has 1 aromatic carbocycles. The normalized spacial score (nSPS) is 23.5. The van der Waals surface area contributed by atoms with Crippen molar-refractivity contribution in [3.05, 3.63) is 29.3 Å². The monoisotopic (exact) mass is 342 g/mol. The Morgan fingerprint density at radius 2 is 1.96 bits per heavy atom. The van der Waals surface area contributed by atoms with Crippen LogP contribution < -0.4 is 4.90 Å². The van der Waals surface area contributed by atoms with Crippen molar-refractivity contribution in [2.75, 3.05) is 24.5 Å². The third-order valence-corrected chi connectivity index (χ3v) is 4.66. The molecule has 3 rings (SSSR count). The van der Waals surface area contributed by atoms with Crippen molar-refractivity contribution in [3.8, 4) is 0 Å². The van der Waals surface area contributed by atoms with Crippen LogP contribution in [0, 0.1) is 0 Å². The highest BCUT2D eigenvalue weighted by Crippen LogP contribution is 2.38. The number of halogens is 3. The molecule has 2 aliphatic rings. The minimum Gasteiger partial charge on any atom is -0.379 e. The molecule has 24 heavy (non-hydrogen) atoms. The van der Waals surface area contributed by atoms with Gasteiger partial charge in [-0.3, -0.25) is 9.59 Å². The Kier molecular flexibility index (Phi) is 3.82. The first kappa shape index (κ1) is 16.8. The van der Waals surface area contributed by atoms with Gasteiger partial charge >= 0.3 is 6.18 Å². The summed E-state index contributed by atoms with van der Waals surface area (Å²) in [5, 5.41) is 9.68. The molecule has 0 spiro atoms. The lowest BCUT2D eigenvalue weighted by atomic mass is 10.0. The summed E-state index contributed by atoms with van der Waals surface area (Å²) in [6, 6.07) is 4.77. The number of hydrogen-bond acceptors (Lipinski definition) is 3. The minimum atomic E-state index is -4.76. The van der Waals surface area contributed by atoms with Crippen LogP contribution in [0.3, 0.4) is 0 Å². The molecule has 1 N–H and O–H groups in total. The number of anilines is 1. The lowest BCUT2D eigenvalue weighted by molar-refractivity contribution is -0.253. The number of β-amino-alcohol motifs (C(OH)–C–C–N with tert-alkyl or cyclic N) is 1. The van der Waals surface area contributed by atoms with Gasteiger partial charge in [0.2, 0.25) is 5.91 Å². The molecule has 0 saturated carbocycles. The molecule has 0 aromatic heterocycles. The van der Waals surface area contributed by atoms with Gasteiger partial charge in [-0.15, -0.1) is 0 Å². The Morgan fingerprint density at radius 1 is 1.25 bits per heavy atom. The second kappa shape index (κ2) is 5.47. The van der Waals surface area contributed by atoms with E-state index in [1.807, 2.05) is 0 Å². The van der Waals surface area contributed by atoms with Gasteiger partial charge in [0, 0.05) is 37.7 Å². The third-order valence-electron chi connectivity index (χ3n) is 4.66. The first-order valence-electron chi connectivity index (χ1n) is 7.62. The molecule has 5 nitrogen and oxygen atoms in total. The van der Waals surface area contributed by atoms with E-state index in [2.05, 4.69) is 0 Å². The van der Waals surface area contributed by atoms with E-state index < -0.39 is 30.7 Å².